The van der Waals surface area contributed by atoms with Crippen molar-refractivity contribution in [3.63, 3.8) is 0 Å². The number of benzene rings is 3. The van der Waals surface area contributed by atoms with Gasteiger partial charge in [0.05, 0.1) is 5.52 Å². The molecule has 0 atom stereocenters. The van der Waals surface area contributed by atoms with E-state index in [4.69, 9.17) is 11.6 Å². The van der Waals surface area contributed by atoms with Crippen molar-refractivity contribution < 1.29 is 0 Å². The summed E-state index contributed by atoms with van der Waals surface area (Å²) in [5, 5.41) is 6.23. The van der Waals surface area contributed by atoms with Crippen LogP contribution in [0.3, 0.4) is 0 Å². The van der Waals surface area contributed by atoms with Gasteiger partial charge >= 0.3 is 0 Å². The number of hydrogen-bond donors (Lipinski definition) is 1. The summed E-state index contributed by atoms with van der Waals surface area (Å²) >= 11 is 6.26. The van der Waals surface area contributed by atoms with Crippen LogP contribution < -0.4 is 0 Å². The normalized spacial score (nSPS) is 14.8. The molecule has 2 heteroatoms. The third-order valence-corrected chi connectivity index (χ3v) is 5.29. The SMILES string of the molecule is Clc1ccc2[nH]c3c4ccccc4c4c(c3c2c1)CCCC4. The van der Waals surface area contributed by atoms with Crippen LogP contribution in [0.2, 0.25) is 5.02 Å². The van der Waals surface area contributed by atoms with Crippen LogP contribution in [0.15, 0.2) is 42.5 Å². The number of H-pyrrole nitrogens is 1. The largest absolute Gasteiger partial charge is 0.354 e. The van der Waals surface area contributed by atoms with Gasteiger partial charge in [0.15, 0.2) is 0 Å². The van der Waals surface area contributed by atoms with Crippen molar-refractivity contribution in [3.05, 3.63) is 58.6 Å². The highest BCUT2D eigenvalue weighted by atomic mass is 35.5. The van der Waals surface area contributed by atoms with Gasteiger partial charge in [0.1, 0.15) is 0 Å². The van der Waals surface area contributed by atoms with Gasteiger partial charge in [0.25, 0.3) is 0 Å². The van der Waals surface area contributed by atoms with Crippen LogP contribution in [0.4, 0.5) is 0 Å². The van der Waals surface area contributed by atoms with Crippen molar-refractivity contribution in [2.24, 2.45) is 0 Å². The second kappa shape index (κ2) is 4.50. The van der Waals surface area contributed by atoms with Crippen molar-refractivity contribution in [1.29, 1.82) is 0 Å². The molecule has 0 bridgehead atoms. The van der Waals surface area contributed by atoms with E-state index in [1.807, 2.05) is 6.07 Å². The minimum absolute atomic E-state index is 0.811. The number of nitrogens with one attached hydrogen (secondary N) is 1. The van der Waals surface area contributed by atoms with E-state index in [1.165, 1.54) is 63.8 Å². The maximum atomic E-state index is 6.26. The van der Waals surface area contributed by atoms with E-state index in [-0.39, 0.29) is 0 Å². The van der Waals surface area contributed by atoms with Crippen LogP contribution >= 0.6 is 11.6 Å². The molecule has 1 nitrogen and oxygen atoms in total. The van der Waals surface area contributed by atoms with Gasteiger partial charge in [-0.2, -0.15) is 0 Å². The summed E-state index contributed by atoms with van der Waals surface area (Å²) < 4.78 is 0. The molecule has 0 unspecified atom stereocenters. The summed E-state index contributed by atoms with van der Waals surface area (Å²) in [4.78, 5) is 3.64. The molecule has 1 N–H and O–H groups in total. The molecule has 0 amide bonds. The van der Waals surface area contributed by atoms with Gasteiger partial charge in [-0.1, -0.05) is 35.9 Å². The number of hydrogen-bond acceptors (Lipinski definition) is 0. The third-order valence-electron chi connectivity index (χ3n) is 5.05. The summed E-state index contributed by atoms with van der Waals surface area (Å²) in [6.07, 6.45) is 4.95. The van der Waals surface area contributed by atoms with Crippen LogP contribution in [0, 0.1) is 0 Å². The van der Waals surface area contributed by atoms with Gasteiger partial charge in [0, 0.05) is 26.7 Å². The van der Waals surface area contributed by atoms with E-state index < -0.39 is 0 Å². The standard InChI is InChI=1S/C20H16ClN/c21-12-9-10-18-17(11-12)19-15-7-3-1-5-13(15)14-6-2-4-8-16(14)20(19)22-18/h2,4,6,8-11,22H,1,3,5,7H2. The highest BCUT2D eigenvalue weighted by molar-refractivity contribution is 6.32. The Morgan fingerprint density at radius 1 is 0.818 bits per heavy atom. The molecule has 4 aromatic rings. The summed E-state index contributed by atoms with van der Waals surface area (Å²) in [5.41, 5.74) is 5.54. The lowest BCUT2D eigenvalue weighted by Gasteiger charge is -2.20. The Kier molecular flexibility index (Phi) is 2.57. The lowest BCUT2D eigenvalue weighted by atomic mass is 9.84. The summed E-state index contributed by atoms with van der Waals surface area (Å²) in [6, 6.07) is 15.0. The molecule has 0 saturated carbocycles. The number of aromatic amines is 1. The van der Waals surface area contributed by atoms with Crippen LogP contribution in [0.25, 0.3) is 32.6 Å². The Hall–Kier alpha value is -1.99. The number of aromatic nitrogens is 1. The third kappa shape index (κ3) is 1.60. The van der Waals surface area contributed by atoms with Gasteiger partial charge in [-0.15, -0.1) is 0 Å². The molecular weight excluding hydrogens is 290 g/mol. The molecule has 1 aliphatic carbocycles. The first-order chi connectivity index (χ1) is 10.8. The van der Waals surface area contributed by atoms with Crippen LogP contribution in [0.1, 0.15) is 24.0 Å². The molecule has 1 aromatic heterocycles. The molecule has 22 heavy (non-hydrogen) atoms. The molecule has 1 heterocycles. The predicted octanol–water partition coefficient (Wildman–Crippen LogP) is 6.01. The second-order valence-corrected chi connectivity index (χ2v) is 6.71. The molecule has 1 aliphatic rings. The second-order valence-electron chi connectivity index (χ2n) is 6.27. The minimum atomic E-state index is 0.811. The highest BCUT2D eigenvalue weighted by Gasteiger charge is 2.20. The number of aryl methyl sites for hydroxylation is 2. The van der Waals surface area contributed by atoms with E-state index in [9.17, 15) is 0 Å². The predicted molar refractivity (Wildman–Crippen MR) is 95.0 cm³/mol. The zero-order valence-electron chi connectivity index (χ0n) is 12.2. The van der Waals surface area contributed by atoms with Crippen LogP contribution in [-0.4, -0.2) is 4.98 Å². The molecule has 0 saturated heterocycles. The molecule has 0 fully saturated rings. The first-order valence-electron chi connectivity index (χ1n) is 7.96. The average Bonchev–Trinajstić information content (AvgIpc) is 2.94. The van der Waals surface area contributed by atoms with Gasteiger partial charge < -0.3 is 4.98 Å². The molecule has 0 spiro atoms. The topological polar surface area (TPSA) is 15.8 Å². The van der Waals surface area contributed by atoms with Crippen LogP contribution in [-0.2, 0) is 12.8 Å². The molecule has 5 rings (SSSR count). The van der Waals surface area contributed by atoms with Gasteiger partial charge in [-0.3, -0.25) is 0 Å². The van der Waals surface area contributed by atoms with E-state index >= 15 is 0 Å². The van der Waals surface area contributed by atoms with Crippen molar-refractivity contribution in [2.75, 3.05) is 0 Å². The van der Waals surface area contributed by atoms with Crippen molar-refractivity contribution in [3.8, 4) is 0 Å². The lowest BCUT2D eigenvalue weighted by Crippen LogP contribution is -2.04. The van der Waals surface area contributed by atoms with Gasteiger partial charge in [0.2, 0.25) is 0 Å². The van der Waals surface area contributed by atoms with E-state index in [2.05, 4.69) is 41.4 Å². The fraction of sp³-hybridized carbons (Fsp3) is 0.200. The zero-order valence-corrected chi connectivity index (χ0v) is 13.0. The van der Waals surface area contributed by atoms with Gasteiger partial charge in [-0.25, -0.2) is 0 Å². The molecule has 108 valence electrons. The van der Waals surface area contributed by atoms with E-state index in [1.54, 1.807) is 5.56 Å². The summed E-state index contributed by atoms with van der Waals surface area (Å²) in [7, 11) is 0. The van der Waals surface area contributed by atoms with Crippen LogP contribution in [0.5, 0.6) is 0 Å². The smallest absolute Gasteiger partial charge is 0.0547 e. The monoisotopic (exact) mass is 305 g/mol. The fourth-order valence-electron chi connectivity index (χ4n) is 4.12. The number of rotatable bonds is 0. The summed E-state index contributed by atoms with van der Waals surface area (Å²) in [6.45, 7) is 0. The Balaban J connectivity index is 2.10. The molecule has 0 aliphatic heterocycles. The first-order valence-corrected chi connectivity index (χ1v) is 8.34. The zero-order chi connectivity index (χ0) is 14.7. The minimum Gasteiger partial charge on any atom is -0.354 e. The Bertz CT molecular complexity index is 1040. The first kappa shape index (κ1) is 12.5. The Morgan fingerprint density at radius 3 is 2.45 bits per heavy atom. The Labute approximate surface area is 133 Å². The highest BCUT2D eigenvalue weighted by Crippen LogP contribution is 2.40. The quantitative estimate of drug-likeness (QED) is 0.409. The number of fused-ring (bicyclic) bond motifs is 8. The maximum absolute atomic E-state index is 6.26. The van der Waals surface area contributed by atoms with Crippen molar-refractivity contribution in [1.82, 2.24) is 4.98 Å². The van der Waals surface area contributed by atoms with E-state index in [0.717, 1.165) is 5.02 Å². The van der Waals surface area contributed by atoms with Crippen molar-refractivity contribution in [2.45, 2.75) is 25.7 Å². The number of halogens is 1. The average molecular weight is 306 g/mol. The Morgan fingerprint density at radius 2 is 1.59 bits per heavy atom. The molecule has 3 aromatic carbocycles. The van der Waals surface area contributed by atoms with Crippen molar-refractivity contribution >= 4 is 44.2 Å². The summed E-state index contributed by atoms with van der Waals surface area (Å²) in [5.74, 6) is 0. The molecular formula is C20H16ClN. The molecule has 0 radical (unpaired) electrons. The van der Waals surface area contributed by atoms with E-state index in [0.29, 0.717) is 0 Å². The lowest BCUT2D eigenvalue weighted by molar-refractivity contribution is 0.694. The maximum Gasteiger partial charge on any atom is 0.0547 e. The fourth-order valence-corrected chi connectivity index (χ4v) is 4.29. The van der Waals surface area contributed by atoms with Gasteiger partial charge in [-0.05, 0) is 60.4 Å².